The maximum Gasteiger partial charge on any atom is 0.171 e. The van der Waals surface area contributed by atoms with Gasteiger partial charge in [0.05, 0.1) is 12.9 Å². The number of fused-ring (bicyclic) bond motifs is 2. The minimum Gasteiger partial charge on any atom is -0.394 e. The van der Waals surface area contributed by atoms with Gasteiger partial charge in [0.2, 0.25) is 0 Å². The van der Waals surface area contributed by atoms with Gasteiger partial charge in [-0.2, -0.15) is 0 Å². The molecule has 10 nitrogen and oxygen atoms in total. The minimum absolute atomic E-state index is 0.220. The van der Waals surface area contributed by atoms with Crippen molar-refractivity contribution in [3.63, 3.8) is 0 Å². The molecular formula is C19H22N6O4S. The number of benzene rings is 1. The van der Waals surface area contributed by atoms with Crippen molar-refractivity contribution >= 4 is 28.7 Å². The SMILES string of the molecule is OC[C@H]1O[C@@H](n2cnc3c(NNC4CSc5ccccc5C4)ncnc32)[C@H](O)[C@@H]1O. The number of aliphatic hydroxyl groups excluding tert-OH is 3. The Kier molecular flexibility index (Phi) is 5.31. The molecular weight excluding hydrogens is 408 g/mol. The third kappa shape index (κ3) is 3.43. The lowest BCUT2D eigenvalue weighted by Gasteiger charge is -2.25. The monoisotopic (exact) mass is 430 g/mol. The summed E-state index contributed by atoms with van der Waals surface area (Å²) in [6.45, 7) is -0.393. The Morgan fingerprint density at radius 2 is 2.03 bits per heavy atom. The number of imidazole rings is 1. The molecule has 2 aliphatic heterocycles. The Morgan fingerprint density at radius 3 is 2.87 bits per heavy atom. The lowest BCUT2D eigenvalue weighted by atomic mass is 10.1. The Hall–Kier alpha value is -2.28. The van der Waals surface area contributed by atoms with Crippen LogP contribution in [-0.2, 0) is 11.2 Å². The first-order chi connectivity index (χ1) is 14.7. The highest BCUT2D eigenvalue weighted by molar-refractivity contribution is 7.99. The van der Waals surface area contributed by atoms with E-state index >= 15 is 0 Å². The first-order valence-corrected chi connectivity index (χ1v) is 10.7. The predicted molar refractivity (Wildman–Crippen MR) is 110 cm³/mol. The molecule has 11 heteroatoms. The molecule has 1 saturated heterocycles. The first kappa shape index (κ1) is 19.7. The van der Waals surface area contributed by atoms with Crippen LogP contribution in [0.4, 0.5) is 5.82 Å². The second kappa shape index (κ2) is 8.10. The van der Waals surface area contributed by atoms with E-state index < -0.39 is 31.1 Å². The van der Waals surface area contributed by atoms with Crippen molar-refractivity contribution in [1.29, 1.82) is 0 Å². The third-order valence-electron chi connectivity index (χ3n) is 5.42. The van der Waals surface area contributed by atoms with Crippen molar-refractivity contribution in [3.8, 4) is 0 Å². The number of hydrazine groups is 1. The average Bonchev–Trinajstić information content (AvgIpc) is 3.33. The first-order valence-electron chi connectivity index (χ1n) is 9.68. The smallest absolute Gasteiger partial charge is 0.171 e. The maximum atomic E-state index is 10.3. The number of hydrogen-bond donors (Lipinski definition) is 5. The summed E-state index contributed by atoms with van der Waals surface area (Å²) in [6, 6.07) is 8.60. The fourth-order valence-corrected chi connectivity index (χ4v) is 4.92. The Labute approximate surface area is 176 Å². The van der Waals surface area contributed by atoms with E-state index in [0.29, 0.717) is 17.0 Å². The van der Waals surface area contributed by atoms with Crippen LogP contribution in [0.15, 0.2) is 41.8 Å². The van der Waals surface area contributed by atoms with Crippen LogP contribution in [0.25, 0.3) is 11.2 Å². The van der Waals surface area contributed by atoms with E-state index in [2.05, 4.69) is 44.0 Å². The molecule has 3 aromatic rings. The zero-order valence-corrected chi connectivity index (χ0v) is 16.7. The van der Waals surface area contributed by atoms with Gasteiger partial charge in [0, 0.05) is 16.7 Å². The molecule has 1 unspecified atom stereocenters. The zero-order valence-electron chi connectivity index (χ0n) is 15.9. The summed E-state index contributed by atoms with van der Waals surface area (Å²) in [5, 5.41) is 29.6. The second-order valence-electron chi connectivity index (χ2n) is 7.36. The van der Waals surface area contributed by atoms with Gasteiger partial charge in [-0.05, 0) is 18.1 Å². The van der Waals surface area contributed by atoms with E-state index in [4.69, 9.17) is 4.74 Å². The highest BCUT2D eigenvalue weighted by Gasteiger charge is 2.44. The fourth-order valence-electron chi connectivity index (χ4n) is 3.83. The molecule has 158 valence electrons. The molecule has 0 spiro atoms. The molecule has 0 amide bonds. The fraction of sp³-hybridized carbons (Fsp3) is 0.421. The van der Waals surface area contributed by atoms with Gasteiger partial charge in [-0.1, -0.05) is 18.2 Å². The molecule has 0 bridgehead atoms. The Bertz CT molecular complexity index is 1050. The van der Waals surface area contributed by atoms with E-state index in [1.807, 2.05) is 17.8 Å². The van der Waals surface area contributed by atoms with Crippen molar-refractivity contribution in [1.82, 2.24) is 24.9 Å². The maximum absolute atomic E-state index is 10.3. The van der Waals surface area contributed by atoms with E-state index in [1.165, 1.54) is 23.1 Å². The van der Waals surface area contributed by atoms with E-state index in [1.54, 1.807) is 4.57 Å². The van der Waals surface area contributed by atoms with Crippen molar-refractivity contribution < 1.29 is 20.1 Å². The van der Waals surface area contributed by atoms with Gasteiger partial charge in [0.1, 0.15) is 24.6 Å². The zero-order chi connectivity index (χ0) is 20.7. The number of anilines is 1. The minimum atomic E-state index is -1.21. The molecule has 2 aliphatic rings. The van der Waals surface area contributed by atoms with Gasteiger partial charge in [-0.15, -0.1) is 11.8 Å². The van der Waals surface area contributed by atoms with Crippen LogP contribution < -0.4 is 10.9 Å². The molecule has 0 radical (unpaired) electrons. The van der Waals surface area contributed by atoms with Crippen LogP contribution in [0.3, 0.4) is 0 Å². The van der Waals surface area contributed by atoms with Gasteiger partial charge in [0.25, 0.3) is 0 Å². The highest BCUT2D eigenvalue weighted by atomic mass is 32.2. The number of aromatic nitrogens is 4. The van der Waals surface area contributed by atoms with E-state index in [0.717, 1.165) is 12.2 Å². The quantitative estimate of drug-likeness (QED) is 0.354. The molecule has 1 fully saturated rings. The summed E-state index contributed by atoms with van der Waals surface area (Å²) in [7, 11) is 0. The molecule has 1 aromatic carbocycles. The lowest BCUT2D eigenvalue weighted by Crippen LogP contribution is -2.39. The summed E-state index contributed by atoms with van der Waals surface area (Å²) in [5.41, 5.74) is 8.74. The highest BCUT2D eigenvalue weighted by Crippen LogP contribution is 2.32. The number of thioether (sulfide) groups is 1. The topological polar surface area (TPSA) is 138 Å². The van der Waals surface area contributed by atoms with Crippen LogP contribution >= 0.6 is 11.8 Å². The van der Waals surface area contributed by atoms with E-state index in [-0.39, 0.29) is 6.04 Å². The third-order valence-corrected chi connectivity index (χ3v) is 6.70. The molecule has 4 heterocycles. The summed E-state index contributed by atoms with van der Waals surface area (Å²) in [4.78, 5) is 14.2. The van der Waals surface area contributed by atoms with Gasteiger partial charge in [-0.25, -0.2) is 20.4 Å². The van der Waals surface area contributed by atoms with Crippen LogP contribution in [0.1, 0.15) is 11.8 Å². The lowest BCUT2D eigenvalue weighted by molar-refractivity contribution is -0.0511. The summed E-state index contributed by atoms with van der Waals surface area (Å²) >= 11 is 1.82. The van der Waals surface area contributed by atoms with Gasteiger partial charge in [-0.3, -0.25) is 4.57 Å². The van der Waals surface area contributed by atoms with Gasteiger partial charge >= 0.3 is 0 Å². The van der Waals surface area contributed by atoms with Crippen molar-refractivity contribution in [2.24, 2.45) is 0 Å². The van der Waals surface area contributed by atoms with Gasteiger partial charge < -0.3 is 25.5 Å². The van der Waals surface area contributed by atoms with Crippen LogP contribution in [0.2, 0.25) is 0 Å². The number of nitrogens with one attached hydrogen (secondary N) is 2. The summed E-state index contributed by atoms with van der Waals surface area (Å²) < 4.78 is 7.13. The Morgan fingerprint density at radius 1 is 1.17 bits per heavy atom. The average molecular weight is 430 g/mol. The molecule has 5 N–H and O–H groups in total. The molecule has 30 heavy (non-hydrogen) atoms. The number of aliphatic hydroxyl groups is 3. The molecule has 0 saturated carbocycles. The summed E-state index contributed by atoms with van der Waals surface area (Å²) in [5.74, 6) is 1.43. The molecule has 0 aliphatic carbocycles. The summed E-state index contributed by atoms with van der Waals surface area (Å²) in [6.07, 6.45) is -0.372. The number of nitrogens with zero attached hydrogens (tertiary/aromatic N) is 4. The predicted octanol–water partition coefficient (Wildman–Crippen LogP) is 0.0713. The normalized spacial score (nSPS) is 28.6. The number of hydrogen-bond acceptors (Lipinski definition) is 10. The van der Waals surface area contributed by atoms with Crippen LogP contribution in [0.5, 0.6) is 0 Å². The second-order valence-corrected chi connectivity index (χ2v) is 8.43. The molecule has 2 aromatic heterocycles. The van der Waals surface area contributed by atoms with Crippen molar-refractivity contribution in [3.05, 3.63) is 42.5 Å². The van der Waals surface area contributed by atoms with E-state index in [9.17, 15) is 15.3 Å². The van der Waals surface area contributed by atoms with Crippen molar-refractivity contribution in [2.75, 3.05) is 17.8 Å². The molecule has 5 rings (SSSR count). The van der Waals surface area contributed by atoms with Crippen LogP contribution in [0, 0.1) is 0 Å². The van der Waals surface area contributed by atoms with Gasteiger partial charge in [0.15, 0.2) is 23.2 Å². The Balaban J connectivity index is 1.33. The molecule has 5 atom stereocenters. The number of ether oxygens (including phenoxy) is 1. The largest absolute Gasteiger partial charge is 0.394 e. The standard InChI is InChI=1S/C19H22N6O4S/c26-6-12-15(27)16(28)19(29-12)25-9-22-14-17(20-8-21-18(14)25)24-23-11-5-10-3-1-2-4-13(10)30-7-11/h1-4,8-9,11-12,15-16,19,23,26-28H,5-7H2,(H,20,21,24)/t11?,12-,15-,16-,19-/m1/s1. The van der Waals surface area contributed by atoms with Crippen molar-refractivity contribution in [2.45, 2.75) is 41.9 Å². The number of rotatable bonds is 5. The van der Waals surface area contributed by atoms with Crippen LogP contribution in [-0.4, -0.2) is 71.6 Å².